The maximum absolute atomic E-state index is 5.64. The molecule has 2 heteroatoms. The Hall–Kier alpha value is -1.12. The minimum absolute atomic E-state index is 0.521. The zero-order chi connectivity index (χ0) is 13.3. The first-order valence-electron chi connectivity index (χ1n) is 7.40. The lowest BCUT2D eigenvalue weighted by Gasteiger charge is -2.29. The molecule has 1 N–H and O–H groups in total. The first-order valence-corrected chi connectivity index (χ1v) is 7.40. The van der Waals surface area contributed by atoms with E-state index in [0.29, 0.717) is 12.6 Å². The fraction of sp³-hybridized carbons (Fsp3) is 0.529. The van der Waals surface area contributed by atoms with Crippen molar-refractivity contribution in [3.05, 3.63) is 48.6 Å². The van der Waals surface area contributed by atoms with Crippen molar-refractivity contribution < 1.29 is 4.84 Å². The van der Waals surface area contributed by atoms with Crippen LogP contribution >= 0.6 is 0 Å². The van der Waals surface area contributed by atoms with Crippen LogP contribution in [0.3, 0.4) is 0 Å². The van der Waals surface area contributed by atoms with Crippen LogP contribution in [0.1, 0.15) is 44.1 Å². The Morgan fingerprint density at radius 1 is 1.26 bits per heavy atom. The molecule has 0 aliphatic heterocycles. The molecule has 1 aliphatic rings. The van der Waals surface area contributed by atoms with E-state index in [9.17, 15) is 0 Å². The minimum atomic E-state index is 0.521. The Bertz CT molecular complexity index is 363. The zero-order valence-electron chi connectivity index (χ0n) is 11.7. The zero-order valence-corrected chi connectivity index (χ0v) is 11.7. The molecule has 1 aliphatic carbocycles. The number of benzene rings is 1. The van der Waals surface area contributed by atoms with E-state index in [1.165, 1.54) is 37.7 Å². The third-order valence-corrected chi connectivity index (χ3v) is 3.89. The van der Waals surface area contributed by atoms with Crippen LogP contribution in [0.25, 0.3) is 0 Å². The van der Waals surface area contributed by atoms with Gasteiger partial charge in [-0.2, -0.15) is 5.48 Å². The van der Waals surface area contributed by atoms with Gasteiger partial charge in [-0.1, -0.05) is 49.2 Å². The molecule has 1 saturated carbocycles. The number of rotatable bonds is 7. The second kappa shape index (κ2) is 8.13. The van der Waals surface area contributed by atoms with Crippen LogP contribution in [-0.2, 0) is 11.4 Å². The van der Waals surface area contributed by atoms with Crippen molar-refractivity contribution in [1.29, 1.82) is 0 Å². The summed E-state index contributed by atoms with van der Waals surface area (Å²) in [5, 5.41) is 0. The van der Waals surface area contributed by atoms with Gasteiger partial charge in [0.1, 0.15) is 0 Å². The lowest BCUT2D eigenvalue weighted by atomic mass is 9.83. The first kappa shape index (κ1) is 14.3. The van der Waals surface area contributed by atoms with Gasteiger partial charge in [0, 0.05) is 6.04 Å². The molecule has 2 unspecified atom stereocenters. The summed E-state index contributed by atoms with van der Waals surface area (Å²) in [4.78, 5) is 5.64. The number of allylic oxidation sites excluding steroid dienone is 1. The Morgan fingerprint density at radius 3 is 2.89 bits per heavy atom. The molecule has 0 aromatic heterocycles. The van der Waals surface area contributed by atoms with E-state index >= 15 is 0 Å². The molecule has 0 saturated heterocycles. The van der Waals surface area contributed by atoms with Gasteiger partial charge < -0.3 is 0 Å². The molecule has 0 heterocycles. The summed E-state index contributed by atoms with van der Waals surface area (Å²) in [5.41, 5.74) is 4.47. The van der Waals surface area contributed by atoms with Crippen LogP contribution in [0.5, 0.6) is 0 Å². The largest absolute Gasteiger partial charge is 0.297 e. The maximum Gasteiger partial charge on any atom is 0.0933 e. The van der Waals surface area contributed by atoms with E-state index < -0.39 is 0 Å². The smallest absolute Gasteiger partial charge is 0.0933 e. The van der Waals surface area contributed by atoms with E-state index in [1.807, 2.05) is 24.3 Å². The van der Waals surface area contributed by atoms with Gasteiger partial charge in [0.2, 0.25) is 0 Å². The highest BCUT2D eigenvalue weighted by Crippen LogP contribution is 2.28. The second-order valence-electron chi connectivity index (χ2n) is 5.49. The van der Waals surface area contributed by atoms with Crippen molar-refractivity contribution in [2.45, 2.75) is 51.2 Å². The van der Waals surface area contributed by atoms with Gasteiger partial charge in [-0.3, -0.25) is 4.84 Å². The Labute approximate surface area is 116 Å². The van der Waals surface area contributed by atoms with Gasteiger partial charge in [-0.15, -0.1) is 6.58 Å². The highest BCUT2D eigenvalue weighted by molar-refractivity contribution is 5.13. The van der Waals surface area contributed by atoms with Crippen molar-refractivity contribution in [1.82, 2.24) is 5.48 Å². The molecule has 0 radical (unpaired) electrons. The van der Waals surface area contributed by atoms with E-state index in [-0.39, 0.29) is 0 Å². The summed E-state index contributed by atoms with van der Waals surface area (Å²) in [6.07, 6.45) is 9.60. The van der Waals surface area contributed by atoms with E-state index in [4.69, 9.17) is 4.84 Å². The molecule has 0 spiro atoms. The summed E-state index contributed by atoms with van der Waals surface area (Å²) in [6, 6.07) is 10.8. The number of hydrogen-bond donors (Lipinski definition) is 1. The molecule has 19 heavy (non-hydrogen) atoms. The Balaban J connectivity index is 1.66. The summed E-state index contributed by atoms with van der Waals surface area (Å²) in [6.45, 7) is 4.45. The van der Waals surface area contributed by atoms with Crippen LogP contribution in [0, 0.1) is 5.92 Å². The third-order valence-electron chi connectivity index (χ3n) is 3.89. The van der Waals surface area contributed by atoms with Crippen molar-refractivity contribution in [2.24, 2.45) is 5.92 Å². The first-order chi connectivity index (χ1) is 9.38. The average molecular weight is 259 g/mol. The normalized spacial score (nSPS) is 23.2. The molecule has 2 nitrogen and oxygen atoms in total. The third kappa shape index (κ3) is 5.17. The average Bonchev–Trinajstić information content (AvgIpc) is 2.47. The molecule has 1 fully saturated rings. The number of nitrogens with one attached hydrogen (secondary N) is 1. The van der Waals surface area contributed by atoms with Crippen molar-refractivity contribution in [2.75, 3.05) is 0 Å². The van der Waals surface area contributed by atoms with Crippen LogP contribution < -0.4 is 5.48 Å². The molecule has 1 aromatic carbocycles. The van der Waals surface area contributed by atoms with Crippen LogP contribution in [0.2, 0.25) is 0 Å². The molecule has 104 valence electrons. The quantitative estimate of drug-likeness (QED) is 0.584. The number of hydroxylamine groups is 1. The SMILES string of the molecule is C=CCCC1CCCC(NOCc2ccccc2)C1. The van der Waals surface area contributed by atoms with Gasteiger partial charge in [0.25, 0.3) is 0 Å². The van der Waals surface area contributed by atoms with Crippen LogP contribution in [0.15, 0.2) is 43.0 Å². The van der Waals surface area contributed by atoms with Crippen molar-refractivity contribution in [3.63, 3.8) is 0 Å². The van der Waals surface area contributed by atoms with Gasteiger partial charge in [-0.25, -0.2) is 0 Å². The molecule has 2 rings (SSSR count). The summed E-state index contributed by atoms with van der Waals surface area (Å²) < 4.78 is 0. The van der Waals surface area contributed by atoms with Gasteiger partial charge in [-0.05, 0) is 37.2 Å². The maximum atomic E-state index is 5.64. The standard InChI is InChI=1S/C17H25NO/c1-2-3-8-15-11-7-12-17(13-15)18-19-14-16-9-5-4-6-10-16/h2,4-6,9-10,15,17-18H,1,3,7-8,11-14H2. The fourth-order valence-electron chi connectivity index (χ4n) is 2.83. The van der Waals surface area contributed by atoms with Crippen molar-refractivity contribution in [3.8, 4) is 0 Å². The van der Waals surface area contributed by atoms with Crippen LogP contribution in [0.4, 0.5) is 0 Å². The lowest BCUT2D eigenvalue weighted by molar-refractivity contribution is -0.0104. The minimum Gasteiger partial charge on any atom is -0.297 e. The van der Waals surface area contributed by atoms with E-state index in [1.54, 1.807) is 0 Å². The van der Waals surface area contributed by atoms with Gasteiger partial charge in [0.15, 0.2) is 0 Å². The predicted molar refractivity (Wildman–Crippen MR) is 79.5 cm³/mol. The summed E-state index contributed by atoms with van der Waals surface area (Å²) in [7, 11) is 0. The number of hydrogen-bond acceptors (Lipinski definition) is 2. The van der Waals surface area contributed by atoms with Crippen molar-refractivity contribution >= 4 is 0 Å². The highest BCUT2D eigenvalue weighted by Gasteiger charge is 2.21. The van der Waals surface area contributed by atoms with Crippen LogP contribution in [-0.4, -0.2) is 6.04 Å². The predicted octanol–water partition coefficient (Wildman–Crippen LogP) is 4.23. The topological polar surface area (TPSA) is 21.3 Å². The van der Waals surface area contributed by atoms with Gasteiger partial charge >= 0.3 is 0 Å². The summed E-state index contributed by atoms with van der Waals surface area (Å²) in [5.74, 6) is 0.838. The second-order valence-corrected chi connectivity index (χ2v) is 5.49. The molecular weight excluding hydrogens is 234 g/mol. The molecule has 0 amide bonds. The Kier molecular flexibility index (Phi) is 6.12. The fourth-order valence-corrected chi connectivity index (χ4v) is 2.83. The lowest BCUT2D eigenvalue weighted by Crippen LogP contribution is -2.34. The van der Waals surface area contributed by atoms with E-state index in [2.05, 4.69) is 24.2 Å². The monoisotopic (exact) mass is 259 g/mol. The Morgan fingerprint density at radius 2 is 2.11 bits per heavy atom. The highest BCUT2D eigenvalue weighted by atomic mass is 16.6. The summed E-state index contributed by atoms with van der Waals surface area (Å²) >= 11 is 0. The van der Waals surface area contributed by atoms with Gasteiger partial charge in [0.05, 0.1) is 6.61 Å². The molecular formula is C17H25NO. The molecule has 1 aromatic rings. The van der Waals surface area contributed by atoms with E-state index in [0.717, 1.165) is 12.3 Å². The molecule has 2 atom stereocenters. The molecule has 0 bridgehead atoms.